The molecule has 0 saturated heterocycles. The lowest BCUT2D eigenvalue weighted by molar-refractivity contribution is -0.136. The van der Waals surface area contributed by atoms with Crippen molar-refractivity contribution < 1.29 is 19.5 Å². The maximum absolute atomic E-state index is 11.5. The molecule has 0 aliphatic rings. The van der Waals surface area contributed by atoms with Gasteiger partial charge >= 0.3 is 12.0 Å². The Hall–Kier alpha value is -2.57. The van der Waals surface area contributed by atoms with Gasteiger partial charge in [0, 0.05) is 12.2 Å². The van der Waals surface area contributed by atoms with Crippen LogP contribution in [0.25, 0.3) is 0 Å². The summed E-state index contributed by atoms with van der Waals surface area (Å²) in [5, 5.41) is 16.1. The molecule has 0 unspecified atom stereocenters. The molecule has 0 heterocycles. The van der Waals surface area contributed by atoms with E-state index < -0.39 is 12.0 Å². The van der Waals surface area contributed by atoms with Crippen molar-refractivity contribution in [1.29, 1.82) is 0 Å². The fraction of sp³-hybridized carbons (Fsp3) is 0.308. The van der Waals surface area contributed by atoms with Gasteiger partial charge in [-0.3, -0.25) is 9.59 Å². The highest BCUT2D eigenvalue weighted by Gasteiger charge is 2.05. The second-order valence-corrected chi connectivity index (χ2v) is 4.03. The molecule has 0 aliphatic carbocycles. The van der Waals surface area contributed by atoms with Gasteiger partial charge in [0.15, 0.2) is 0 Å². The zero-order chi connectivity index (χ0) is 15.0. The normalized spacial score (nSPS) is 9.65. The highest BCUT2D eigenvalue weighted by molar-refractivity contribution is 5.92. The number of likely N-dealkylation sites (N-methyl/N-ethyl adjacent to an activating group) is 1. The Labute approximate surface area is 116 Å². The summed E-state index contributed by atoms with van der Waals surface area (Å²) in [6.45, 7) is 2.20. The molecule has 0 radical (unpaired) electrons. The SMILES string of the molecule is CCNC(=O)CNC(=O)Nc1ccc(CC(=O)O)cc1. The van der Waals surface area contributed by atoms with Crippen LogP contribution in [0.3, 0.4) is 0 Å². The lowest BCUT2D eigenvalue weighted by Crippen LogP contribution is -2.38. The van der Waals surface area contributed by atoms with Gasteiger partial charge in [-0.2, -0.15) is 0 Å². The van der Waals surface area contributed by atoms with Gasteiger partial charge in [0.1, 0.15) is 0 Å². The summed E-state index contributed by atoms with van der Waals surface area (Å²) in [5.41, 5.74) is 1.17. The van der Waals surface area contributed by atoms with Crippen LogP contribution in [0.5, 0.6) is 0 Å². The lowest BCUT2D eigenvalue weighted by Gasteiger charge is -2.08. The summed E-state index contributed by atoms with van der Waals surface area (Å²) in [4.78, 5) is 33.1. The second-order valence-electron chi connectivity index (χ2n) is 4.03. The molecule has 0 saturated carbocycles. The number of nitrogens with one attached hydrogen (secondary N) is 3. The molecule has 108 valence electrons. The summed E-state index contributed by atoms with van der Waals surface area (Å²) in [7, 11) is 0. The van der Waals surface area contributed by atoms with Crippen molar-refractivity contribution in [2.75, 3.05) is 18.4 Å². The smallest absolute Gasteiger partial charge is 0.319 e. The maximum Gasteiger partial charge on any atom is 0.319 e. The van der Waals surface area contributed by atoms with Gasteiger partial charge in [-0.1, -0.05) is 12.1 Å². The van der Waals surface area contributed by atoms with E-state index in [-0.39, 0.29) is 18.9 Å². The third kappa shape index (κ3) is 5.85. The summed E-state index contributed by atoms with van der Waals surface area (Å²) in [6.07, 6.45) is -0.0658. The minimum absolute atomic E-state index is 0.0658. The first kappa shape index (κ1) is 15.5. The first-order valence-corrected chi connectivity index (χ1v) is 6.13. The molecule has 0 atom stereocenters. The second kappa shape index (κ2) is 7.78. The molecular formula is C13H17N3O4. The van der Waals surface area contributed by atoms with E-state index in [1.165, 1.54) is 0 Å². The number of amides is 3. The number of carbonyl (C=O) groups excluding carboxylic acids is 2. The molecule has 20 heavy (non-hydrogen) atoms. The van der Waals surface area contributed by atoms with Crippen molar-refractivity contribution in [3.05, 3.63) is 29.8 Å². The topological polar surface area (TPSA) is 108 Å². The number of benzene rings is 1. The number of aliphatic carboxylic acids is 1. The molecule has 1 aromatic rings. The van der Waals surface area contributed by atoms with Crippen LogP contribution in [0.15, 0.2) is 24.3 Å². The van der Waals surface area contributed by atoms with E-state index in [1.54, 1.807) is 31.2 Å². The van der Waals surface area contributed by atoms with Crippen LogP contribution in [0, 0.1) is 0 Å². The van der Waals surface area contributed by atoms with Crippen molar-refractivity contribution in [1.82, 2.24) is 10.6 Å². The highest BCUT2D eigenvalue weighted by atomic mass is 16.4. The average molecular weight is 279 g/mol. The number of hydrogen-bond acceptors (Lipinski definition) is 3. The van der Waals surface area contributed by atoms with Crippen molar-refractivity contribution in [2.24, 2.45) is 0 Å². The minimum Gasteiger partial charge on any atom is -0.481 e. The fourth-order valence-electron chi connectivity index (χ4n) is 1.48. The van der Waals surface area contributed by atoms with Gasteiger partial charge in [0.05, 0.1) is 13.0 Å². The van der Waals surface area contributed by atoms with Gasteiger partial charge in [0.25, 0.3) is 0 Å². The van der Waals surface area contributed by atoms with Crippen LogP contribution in [-0.2, 0) is 16.0 Å². The van der Waals surface area contributed by atoms with E-state index in [9.17, 15) is 14.4 Å². The zero-order valence-corrected chi connectivity index (χ0v) is 11.1. The molecule has 0 aliphatic heterocycles. The summed E-state index contributed by atoms with van der Waals surface area (Å²) >= 11 is 0. The Morgan fingerprint density at radius 2 is 1.75 bits per heavy atom. The predicted molar refractivity (Wildman–Crippen MR) is 73.5 cm³/mol. The van der Waals surface area contributed by atoms with Crippen LogP contribution < -0.4 is 16.0 Å². The van der Waals surface area contributed by atoms with E-state index in [4.69, 9.17) is 5.11 Å². The molecule has 0 fully saturated rings. The Kier molecular flexibility index (Phi) is 6.02. The van der Waals surface area contributed by atoms with Gasteiger partial charge in [-0.25, -0.2) is 4.79 Å². The molecule has 4 N–H and O–H groups in total. The molecule has 3 amide bonds. The summed E-state index contributed by atoms with van der Waals surface area (Å²) in [6, 6.07) is 5.94. The fourth-order valence-corrected chi connectivity index (χ4v) is 1.48. The van der Waals surface area contributed by atoms with Crippen LogP contribution in [-0.4, -0.2) is 36.1 Å². The number of anilines is 1. The number of rotatable bonds is 6. The first-order valence-electron chi connectivity index (χ1n) is 6.13. The Bertz CT molecular complexity index is 485. The molecule has 7 heteroatoms. The Balaban J connectivity index is 2.42. The molecule has 1 rings (SSSR count). The third-order valence-corrected chi connectivity index (χ3v) is 2.35. The largest absolute Gasteiger partial charge is 0.481 e. The number of hydrogen-bond donors (Lipinski definition) is 4. The highest BCUT2D eigenvalue weighted by Crippen LogP contribution is 2.09. The van der Waals surface area contributed by atoms with Crippen LogP contribution in [0.2, 0.25) is 0 Å². The van der Waals surface area contributed by atoms with Gasteiger partial charge in [-0.05, 0) is 24.6 Å². The van der Waals surface area contributed by atoms with E-state index >= 15 is 0 Å². The molecule has 7 nitrogen and oxygen atoms in total. The molecule has 0 aromatic heterocycles. The van der Waals surface area contributed by atoms with Crippen LogP contribution in [0.1, 0.15) is 12.5 Å². The Morgan fingerprint density at radius 3 is 2.30 bits per heavy atom. The summed E-state index contributed by atoms with van der Waals surface area (Å²) in [5.74, 6) is -1.18. The standard InChI is InChI=1S/C13H17N3O4/c1-2-14-11(17)8-15-13(20)16-10-5-3-9(4-6-10)7-12(18)19/h3-6H,2,7-8H2,1H3,(H,14,17)(H,18,19)(H2,15,16,20). The van der Waals surface area contributed by atoms with Gasteiger partial charge in [0.2, 0.25) is 5.91 Å². The van der Waals surface area contributed by atoms with E-state index in [0.29, 0.717) is 17.8 Å². The van der Waals surface area contributed by atoms with E-state index in [2.05, 4.69) is 16.0 Å². The van der Waals surface area contributed by atoms with Crippen molar-refractivity contribution in [3.8, 4) is 0 Å². The van der Waals surface area contributed by atoms with E-state index in [1.807, 2.05) is 0 Å². The number of carboxylic acid groups (broad SMARTS) is 1. The average Bonchev–Trinajstić information content (AvgIpc) is 2.38. The number of urea groups is 1. The summed E-state index contributed by atoms with van der Waals surface area (Å²) < 4.78 is 0. The molecule has 0 bridgehead atoms. The van der Waals surface area contributed by atoms with Crippen molar-refractivity contribution >= 4 is 23.6 Å². The molecule has 0 spiro atoms. The Morgan fingerprint density at radius 1 is 1.10 bits per heavy atom. The predicted octanol–water partition coefficient (Wildman–Crippen LogP) is 0.571. The van der Waals surface area contributed by atoms with Gasteiger partial charge < -0.3 is 21.1 Å². The maximum atomic E-state index is 11.5. The quantitative estimate of drug-likeness (QED) is 0.610. The third-order valence-electron chi connectivity index (χ3n) is 2.35. The van der Waals surface area contributed by atoms with E-state index in [0.717, 1.165) is 0 Å². The van der Waals surface area contributed by atoms with Crippen LogP contribution in [0.4, 0.5) is 10.5 Å². The number of carboxylic acids is 1. The van der Waals surface area contributed by atoms with Crippen LogP contribution >= 0.6 is 0 Å². The minimum atomic E-state index is -0.912. The van der Waals surface area contributed by atoms with Crippen molar-refractivity contribution in [3.63, 3.8) is 0 Å². The molecular weight excluding hydrogens is 262 g/mol. The molecule has 1 aromatic carbocycles. The zero-order valence-electron chi connectivity index (χ0n) is 11.1. The monoisotopic (exact) mass is 279 g/mol. The van der Waals surface area contributed by atoms with Gasteiger partial charge in [-0.15, -0.1) is 0 Å². The van der Waals surface area contributed by atoms with Crippen molar-refractivity contribution in [2.45, 2.75) is 13.3 Å². The lowest BCUT2D eigenvalue weighted by atomic mass is 10.1. The first-order chi connectivity index (χ1) is 9.51. The number of carbonyl (C=O) groups is 3.